The molecule has 2 rings (SSSR count). The van der Waals surface area contributed by atoms with Crippen LogP contribution in [0.3, 0.4) is 0 Å². The van der Waals surface area contributed by atoms with Crippen LogP contribution in [0.1, 0.15) is 22.1 Å². The Morgan fingerprint density at radius 1 is 1.24 bits per heavy atom. The molecule has 21 heavy (non-hydrogen) atoms. The Hall–Kier alpha value is -2.90. The molecule has 0 bridgehead atoms. The molecule has 0 unspecified atom stereocenters. The molecule has 1 aromatic heterocycles. The highest BCUT2D eigenvalue weighted by Gasteiger charge is 2.09. The van der Waals surface area contributed by atoms with Crippen LogP contribution in [-0.2, 0) is 11.3 Å². The number of hydrogen-bond acceptors (Lipinski definition) is 6. The summed E-state index contributed by atoms with van der Waals surface area (Å²) >= 11 is 0. The predicted molar refractivity (Wildman–Crippen MR) is 74.1 cm³/mol. The number of carbonyl (C=O) groups is 2. The summed E-state index contributed by atoms with van der Waals surface area (Å²) in [6.07, 6.45) is 0. The van der Waals surface area contributed by atoms with E-state index < -0.39 is 0 Å². The number of nitrogens with one attached hydrogen (secondary N) is 2. The van der Waals surface area contributed by atoms with E-state index in [1.165, 1.54) is 0 Å². The number of nitrogens with zero attached hydrogens (tertiary/aromatic N) is 2. The fourth-order valence-corrected chi connectivity index (χ4v) is 1.55. The average molecular weight is 289 g/mol. The first kappa shape index (κ1) is 14.5. The lowest BCUT2D eigenvalue weighted by Gasteiger charge is -2.05. The maximum absolute atomic E-state index is 11.8. The van der Waals surface area contributed by atoms with Crippen LogP contribution in [0.4, 0.5) is 5.69 Å². The van der Waals surface area contributed by atoms with Crippen LogP contribution < -0.4 is 16.4 Å². The average Bonchev–Trinajstić information content (AvgIpc) is 2.89. The zero-order valence-corrected chi connectivity index (χ0v) is 11.4. The second-order valence-corrected chi connectivity index (χ2v) is 4.31. The van der Waals surface area contributed by atoms with Gasteiger partial charge in [0.25, 0.3) is 5.91 Å². The number of nitrogens with two attached hydrogens (primary N) is 1. The molecule has 2 aromatic rings. The van der Waals surface area contributed by atoms with Gasteiger partial charge in [-0.3, -0.25) is 9.59 Å². The summed E-state index contributed by atoms with van der Waals surface area (Å²) in [4.78, 5) is 27.3. The summed E-state index contributed by atoms with van der Waals surface area (Å²) in [5.74, 6) is 0.114. The second-order valence-electron chi connectivity index (χ2n) is 4.31. The smallest absolute Gasteiger partial charge is 0.251 e. The maximum atomic E-state index is 11.8. The molecule has 0 saturated heterocycles. The number of carbonyl (C=O) groups excluding carboxylic acids is 2. The highest BCUT2D eigenvalue weighted by Crippen LogP contribution is 2.04. The standard InChI is InChI=1S/C13H15N5O3/c1-8-17-11(18-21-8)6-15-12(19)7-16-13(20)9-2-4-10(14)5-3-9/h2-5H,6-7,14H2,1H3,(H,15,19)(H,16,20). The lowest BCUT2D eigenvalue weighted by atomic mass is 10.2. The highest BCUT2D eigenvalue weighted by atomic mass is 16.5. The molecule has 8 nitrogen and oxygen atoms in total. The molecule has 2 amide bonds. The fraction of sp³-hybridized carbons (Fsp3) is 0.231. The quantitative estimate of drug-likeness (QED) is 0.666. The van der Waals surface area contributed by atoms with Crippen LogP contribution in [0, 0.1) is 6.92 Å². The van der Waals surface area contributed by atoms with Gasteiger partial charge in [0.2, 0.25) is 11.8 Å². The minimum absolute atomic E-state index is 0.139. The van der Waals surface area contributed by atoms with E-state index in [0.29, 0.717) is 23.0 Å². The van der Waals surface area contributed by atoms with Gasteiger partial charge in [0.15, 0.2) is 5.82 Å². The molecular weight excluding hydrogens is 274 g/mol. The van der Waals surface area contributed by atoms with E-state index in [9.17, 15) is 9.59 Å². The van der Waals surface area contributed by atoms with Gasteiger partial charge in [-0.05, 0) is 24.3 Å². The molecule has 1 heterocycles. The number of hydrogen-bond donors (Lipinski definition) is 3. The topological polar surface area (TPSA) is 123 Å². The minimum atomic E-state index is -0.347. The van der Waals surface area contributed by atoms with E-state index in [4.69, 9.17) is 10.3 Å². The van der Waals surface area contributed by atoms with Crippen molar-refractivity contribution in [2.45, 2.75) is 13.5 Å². The first-order valence-electron chi connectivity index (χ1n) is 6.24. The van der Waals surface area contributed by atoms with Gasteiger partial charge in [0.1, 0.15) is 0 Å². The van der Waals surface area contributed by atoms with Crippen molar-refractivity contribution in [3.8, 4) is 0 Å². The first-order valence-corrected chi connectivity index (χ1v) is 6.24. The second kappa shape index (κ2) is 6.51. The van der Waals surface area contributed by atoms with Crippen LogP contribution >= 0.6 is 0 Å². The Labute approximate surface area is 120 Å². The Balaban J connectivity index is 1.75. The van der Waals surface area contributed by atoms with Crippen molar-refractivity contribution in [2.75, 3.05) is 12.3 Å². The third kappa shape index (κ3) is 4.30. The van der Waals surface area contributed by atoms with Gasteiger partial charge in [-0.15, -0.1) is 0 Å². The van der Waals surface area contributed by atoms with Crippen molar-refractivity contribution >= 4 is 17.5 Å². The van der Waals surface area contributed by atoms with Crippen molar-refractivity contribution in [2.24, 2.45) is 0 Å². The molecule has 0 spiro atoms. The summed E-state index contributed by atoms with van der Waals surface area (Å²) in [5, 5.41) is 8.71. The largest absolute Gasteiger partial charge is 0.399 e. The van der Waals surface area contributed by atoms with E-state index in [1.54, 1.807) is 31.2 Å². The van der Waals surface area contributed by atoms with Gasteiger partial charge < -0.3 is 20.9 Å². The molecular formula is C13H15N5O3. The molecule has 0 atom stereocenters. The molecule has 110 valence electrons. The number of aromatic nitrogens is 2. The van der Waals surface area contributed by atoms with Crippen molar-refractivity contribution in [1.29, 1.82) is 0 Å². The van der Waals surface area contributed by atoms with Gasteiger partial charge in [-0.25, -0.2) is 0 Å². The van der Waals surface area contributed by atoms with E-state index in [-0.39, 0.29) is 24.9 Å². The number of benzene rings is 1. The molecule has 4 N–H and O–H groups in total. The predicted octanol–water partition coefficient (Wildman–Crippen LogP) is 0.00642. The molecule has 8 heteroatoms. The first-order chi connectivity index (χ1) is 10.0. The minimum Gasteiger partial charge on any atom is -0.399 e. The molecule has 0 aliphatic heterocycles. The summed E-state index contributed by atoms with van der Waals surface area (Å²) in [7, 11) is 0. The maximum Gasteiger partial charge on any atom is 0.251 e. The van der Waals surface area contributed by atoms with Gasteiger partial charge in [0, 0.05) is 18.2 Å². The summed E-state index contributed by atoms with van der Waals surface area (Å²) in [6.45, 7) is 1.67. The number of nitrogen functional groups attached to an aromatic ring is 1. The van der Waals surface area contributed by atoms with Crippen LogP contribution in [0.2, 0.25) is 0 Å². The number of rotatable bonds is 5. The van der Waals surface area contributed by atoms with Crippen LogP contribution in [0.5, 0.6) is 0 Å². The van der Waals surface area contributed by atoms with Gasteiger partial charge in [0.05, 0.1) is 13.1 Å². The molecule has 0 fully saturated rings. The Kier molecular flexibility index (Phi) is 4.50. The summed E-state index contributed by atoms with van der Waals surface area (Å²) < 4.78 is 4.77. The van der Waals surface area contributed by atoms with Gasteiger partial charge >= 0.3 is 0 Å². The SMILES string of the molecule is Cc1nc(CNC(=O)CNC(=O)c2ccc(N)cc2)no1. The number of amides is 2. The zero-order chi connectivity index (χ0) is 15.2. The number of anilines is 1. The van der Waals surface area contributed by atoms with Crippen LogP contribution in [0.15, 0.2) is 28.8 Å². The summed E-state index contributed by atoms with van der Waals surface area (Å²) in [6, 6.07) is 6.41. The number of aryl methyl sites for hydroxylation is 1. The van der Waals surface area contributed by atoms with Crippen molar-refractivity contribution in [3.63, 3.8) is 0 Å². The molecule has 0 aliphatic carbocycles. The van der Waals surface area contributed by atoms with Crippen molar-refractivity contribution in [3.05, 3.63) is 41.5 Å². The molecule has 1 aromatic carbocycles. The lowest BCUT2D eigenvalue weighted by Crippen LogP contribution is -2.36. The lowest BCUT2D eigenvalue weighted by molar-refractivity contribution is -0.120. The molecule has 0 radical (unpaired) electrons. The normalized spacial score (nSPS) is 10.1. The highest BCUT2D eigenvalue weighted by molar-refractivity contribution is 5.96. The van der Waals surface area contributed by atoms with Crippen LogP contribution in [0.25, 0.3) is 0 Å². The van der Waals surface area contributed by atoms with E-state index in [2.05, 4.69) is 20.8 Å². The van der Waals surface area contributed by atoms with E-state index in [1.807, 2.05) is 0 Å². The van der Waals surface area contributed by atoms with Gasteiger partial charge in [-0.1, -0.05) is 5.16 Å². The fourth-order valence-electron chi connectivity index (χ4n) is 1.55. The monoisotopic (exact) mass is 289 g/mol. The molecule has 0 aliphatic rings. The van der Waals surface area contributed by atoms with E-state index in [0.717, 1.165) is 0 Å². The van der Waals surface area contributed by atoms with E-state index >= 15 is 0 Å². The van der Waals surface area contributed by atoms with Crippen molar-refractivity contribution < 1.29 is 14.1 Å². The van der Waals surface area contributed by atoms with Crippen LogP contribution in [-0.4, -0.2) is 28.5 Å². The third-order valence-electron chi connectivity index (χ3n) is 2.60. The molecule has 0 saturated carbocycles. The zero-order valence-electron chi connectivity index (χ0n) is 11.4. The summed E-state index contributed by atoms with van der Waals surface area (Å²) in [5.41, 5.74) is 6.54. The Morgan fingerprint density at radius 2 is 1.95 bits per heavy atom. The van der Waals surface area contributed by atoms with Crippen molar-refractivity contribution in [1.82, 2.24) is 20.8 Å². The van der Waals surface area contributed by atoms with Gasteiger partial charge in [-0.2, -0.15) is 4.98 Å². The Morgan fingerprint density at radius 3 is 2.57 bits per heavy atom. The Bertz CT molecular complexity index is 636. The third-order valence-corrected chi connectivity index (χ3v) is 2.60.